The Kier molecular flexibility index (Phi) is 9.50. The summed E-state index contributed by atoms with van der Waals surface area (Å²) in [4.78, 5) is 37.4. The van der Waals surface area contributed by atoms with Crippen LogP contribution in [0.25, 0.3) is 22.0 Å². The molecule has 1 fully saturated rings. The van der Waals surface area contributed by atoms with Crippen LogP contribution >= 0.6 is 23.2 Å². The van der Waals surface area contributed by atoms with Crippen LogP contribution < -0.4 is 9.64 Å². The maximum Gasteiger partial charge on any atom is 0.407 e. The Morgan fingerprint density at radius 3 is 2.60 bits per heavy atom. The highest BCUT2D eigenvalue weighted by Gasteiger charge is 2.39. The zero-order valence-electron chi connectivity index (χ0n) is 22.5. The summed E-state index contributed by atoms with van der Waals surface area (Å²) in [5, 5.41) is 28.0. The summed E-state index contributed by atoms with van der Waals surface area (Å²) in [6.45, 7) is -0.506. The maximum atomic E-state index is 16.2. The molecule has 2 heterocycles. The molecule has 0 bridgehead atoms. The number of halogens is 4. The molecule has 0 saturated carbocycles. The summed E-state index contributed by atoms with van der Waals surface area (Å²) in [6.07, 6.45) is -1.65. The van der Waals surface area contributed by atoms with E-state index in [1.54, 1.807) is 4.90 Å². The first-order chi connectivity index (χ1) is 20.0. The van der Waals surface area contributed by atoms with Gasteiger partial charge in [0.1, 0.15) is 22.9 Å². The van der Waals surface area contributed by atoms with Crippen molar-refractivity contribution in [1.29, 1.82) is 5.26 Å². The number of carbonyl (C=O) groups excluding carboxylic acids is 1. The summed E-state index contributed by atoms with van der Waals surface area (Å²) in [5.41, 5.74) is -0.829. The van der Waals surface area contributed by atoms with E-state index >= 15 is 4.39 Å². The van der Waals surface area contributed by atoms with Gasteiger partial charge in [0.2, 0.25) is 11.2 Å². The number of anilines is 1. The topological polar surface area (TPSA) is 143 Å². The number of ether oxygens (including phenoxy) is 1. The van der Waals surface area contributed by atoms with Gasteiger partial charge >= 0.3 is 6.09 Å². The first-order valence-electron chi connectivity index (χ1n) is 12.7. The first kappa shape index (κ1) is 31.0. The zero-order valence-corrected chi connectivity index (χ0v) is 24.0. The van der Waals surface area contributed by atoms with Gasteiger partial charge in [0, 0.05) is 44.1 Å². The summed E-state index contributed by atoms with van der Waals surface area (Å²) in [6, 6.07) is 5.64. The molecule has 1 aliphatic rings. The van der Waals surface area contributed by atoms with Gasteiger partial charge in [-0.1, -0.05) is 17.7 Å². The van der Waals surface area contributed by atoms with E-state index in [1.807, 2.05) is 6.07 Å². The van der Waals surface area contributed by atoms with Crippen molar-refractivity contribution in [3.63, 3.8) is 0 Å². The van der Waals surface area contributed by atoms with Crippen molar-refractivity contribution in [1.82, 2.24) is 19.8 Å². The molecule has 1 aliphatic heterocycles. The average Bonchev–Trinajstić information content (AvgIpc) is 2.94. The SMILES string of the molecule is COc1cccc(F)c1-c1c(Cl)cc2c(N3CC(CC#N)N(C(=O)O)CC3CC(=O)N(C)CCO)nc(Cl)nc2c1F. The molecule has 2 aromatic carbocycles. The van der Waals surface area contributed by atoms with Crippen LogP contribution in [0.3, 0.4) is 0 Å². The molecule has 4 rings (SSSR count). The third kappa shape index (κ3) is 5.97. The van der Waals surface area contributed by atoms with Crippen molar-refractivity contribution in [2.24, 2.45) is 0 Å². The number of aliphatic hydroxyl groups is 1. The number of hydrogen-bond acceptors (Lipinski definition) is 8. The van der Waals surface area contributed by atoms with Crippen molar-refractivity contribution in [3.05, 3.63) is 46.2 Å². The lowest BCUT2D eigenvalue weighted by Crippen LogP contribution is -2.61. The highest BCUT2D eigenvalue weighted by Crippen LogP contribution is 2.43. The van der Waals surface area contributed by atoms with E-state index in [4.69, 9.17) is 27.9 Å². The Morgan fingerprint density at radius 2 is 1.95 bits per heavy atom. The van der Waals surface area contributed by atoms with Crippen LogP contribution in [0.15, 0.2) is 24.3 Å². The number of hydrogen-bond donors (Lipinski definition) is 2. The molecule has 1 saturated heterocycles. The fraction of sp³-hybridized carbons (Fsp3) is 0.370. The van der Waals surface area contributed by atoms with E-state index in [0.29, 0.717) is 0 Å². The number of carboxylic acid groups (broad SMARTS) is 1. The molecule has 3 aromatic rings. The van der Waals surface area contributed by atoms with Crippen molar-refractivity contribution in [2.45, 2.75) is 24.9 Å². The van der Waals surface area contributed by atoms with Gasteiger partial charge in [0.15, 0.2) is 5.82 Å². The molecule has 0 radical (unpaired) electrons. The van der Waals surface area contributed by atoms with E-state index in [9.17, 15) is 29.5 Å². The number of methoxy groups -OCH3 is 1. The number of carbonyl (C=O) groups is 2. The smallest absolute Gasteiger partial charge is 0.407 e. The number of fused-ring (bicyclic) bond motifs is 1. The Hall–Kier alpha value is -3.99. The largest absolute Gasteiger partial charge is 0.496 e. The minimum atomic E-state index is -1.28. The summed E-state index contributed by atoms with van der Waals surface area (Å²) in [7, 11) is 2.79. The van der Waals surface area contributed by atoms with Gasteiger partial charge in [-0.25, -0.2) is 18.6 Å². The molecule has 2 N–H and O–H groups in total. The van der Waals surface area contributed by atoms with E-state index < -0.39 is 35.7 Å². The van der Waals surface area contributed by atoms with Crippen LogP contribution in [0.1, 0.15) is 12.8 Å². The monoisotopic (exact) mass is 622 g/mol. The van der Waals surface area contributed by atoms with Crippen molar-refractivity contribution in [3.8, 4) is 22.9 Å². The second-order valence-electron chi connectivity index (χ2n) is 9.58. The second-order valence-corrected chi connectivity index (χ2v) is 10.3. The second kappa shape index (κ2) is 12.9. The van der Waals surface area contributed by atoms with E-state index in [2.05, 4.69) is 9.97 Å². The number of nitriles is 1. The standard InChI is InChI=1S/C27H26Cl2F2N6O5/c1-35(8-9-38)20(39)10-15-13-37(27(40)41)14(6-7-32)12-36(15)25-16-11-17(28)21(23(31)24(16)33-26(29)34-25)22-18(30)4-3-5-19(22)42-2/h3-5,11,14-15,38H,6,8-10,12-13H2,1-2H3,(H,40,41). The number of nitrogens with zero attached hydrogens (tertiary/aromatic N) is 6. The van der Waals surface area contributed by atoms with Gasteiger partial charge in [0.25, 0.3) is 0 Å². The highest BCUT2D eigenvalue weighted by molar-refractivity contribution is 6.34. The van der Waals surface area contributed by atoms with Crippen LogP contribution in [0.4, 0.5) is 19.4 Å². The van der Waals surface area contributed by atoms with Crippen LogP contribution in [-0.4, -0.2) is 94.5 Å². The number of amides is 2. The molecule has 11 nitrogen and oxygen atoms in total. The van der Waals surface area contributed by atoms with Gasteiger partial charge in [-0.15, -0.1) is 0 Å². The average molecular weight is 623 g/mol. The van der Waals surface area contributed by atoms with Crippen LogP contribution in [-0.2, 0) is 4.79 Å². The third-order valence-electron chi connectivity index (χ3n) is 7.09. The zero-order chi connectivity index (χ0) is 30.7. The molecule has 2 amide bonds. The molecule has 42 heavy (non-hydrogen) atoms. The Labute approximate surface area is 249 Å². The van der Waals surface area contributed by atoms with Crippen molar-refractivity contribution < 1.29 is 33.3 Å². The normalized spacial score (nSPS) is 16.8. The van der Waals surface area contributed by atoms with Gasteiger partial charge in [-0.3, -0.25) is 4.79 Å². The predicted molar refractivity (Wildman–Crippen MR) is 151 cm³/mol. The number of aromatic nitrogens is 2. The lowest BCUT2D eigenvalue weighted by Gasteiger charge is -2.45. The minimum absolute atomic E-state index is 0.0326. The Morgan fingerprint density at radius 1 is 1.21 bits per heavy atom. The van der Waals surface area contributed by atoms with Crippen LogP contribution in [0.5, 0.6) is 5.75 Å². The Bertz CT molecular complexity index is 1570. The molecule has 15 heteroatoms. The number of rotatable bonds is 8. The van der Waals surface area contributed by atoms with Crippen LogP contribution in [0.2, 0.25) is 10.3 Å². The summed E-state index contributed by atoms with van der Waals surface area (Å²) >= 11 is 12.8. The number of benzene rings is 2. The van der Waals surface area contributed by atoms with Crippen molar-refractivity contribution >= 4 is 51.9 Å². The predicted octanol–water partition coefficient (Wildman–Crippen LogP) is 4.18. The fourth-order valence-electron chi connectivity index (χ4n) is 5.05. The van der Waals surface area contributed by atoms with E-state index in [-0.39, 0.29) is 83.0 Å². The van der Waals surface area contributed by atoms with Gasteiger partial charge in [-0.05, 0) is 29.8 Å². The molecular weight excluding hydrogens is 597 g/mol. The minimum Gasteiger partial charge on any atom is -0.496 e. The number of likely N-dealkylation sites (N-methyl/N-ethyl adjacent to an activating group) is 1. The van der Waals surface area contributed by atoms with E-state index in [0.717, 1.165) is 11.0 Å². The van der Waals surface area contributed by atoms with Gasteiger partial charge in [-0.2, -0.15) is 10.2 Å². The quantitative estimate of drug-likeness (QED) is 0.353. The third-order valence-corrected chi connectivity index (χ3v) is 7.56. The molecule has 0 aliphatic carbocycles. The summed E-state index contributed by atoms with van der Waals surface area (Å²) < 4.78 is 36.4. The molecule has 2 atom stereocenters. The van der Waals surface area contributed by atoms with Gasteiger partial charge in [0.05, 0.1) is 48.9 Å². The maximum absolute atomic E-state index is 16.2. The molecule has 222 valence electrons. The van der Waals surface area contributed by atoms with Gasteiger partial charge < -0.3 is 29.6 Å². The molecule has 0 spiro atoms. The first-order valence-corrected chi connectivity index (χ1v) is 13.4. The van der Waals surface area contributed by atoms with Crippen molar-refractivity contribution in [2.75, 3.05) is 45.3 Å². The fourth-order valence-corrected chi connectivity index (χ4v) is 5.50. The molecular formula is C27H26Cl2F2N6O5. The van der Waals surface area contributed by atoms with E-state index in [1.165, 1.54) is 37.3 Å². The van der Waals surface area contributed by atoms with Crippen LogP contribution in [0, 0.1) is 23.0 Å². The lowest BCUT2D eigenvalue weighted by molar-refractivity contribution is -0.131. The highest BCUT2D eigenvalue weighted by atomic mass is 35.5. The molecule has 2 unspecified atom stereocenters. The number of aliphatic hydroxyl groups excluding tert-OH is 1. The lowest BCUT2D eigenvalue weighted by atomic mass is 9.99. The number of piperazine rings is 1. The summed E-state index contributed by atoms with van der Waals surface area (Å²) in [5.74, 6) is -2.10. The molecule has 1 aromatic heterocycles. The Balaban J connectivity index is 1.91.